The lowest BCUT2D eigenvalue weighted by atomic mass is 9.93. The number of rotatable bonds is 4. The Morgan fingerprint density at radius 3 is 2.68 bits per heavy atom. The van der Waals surface area contributed by atoms with Crippen molar-refractivity contribution in [3.8, 4) is 0 Å². The topological polar surface area (TPSA) is 50.4 Å². The largest absolute Gasteiger partial charge is 0.459 e. The minimum absolute atomic E-state index is 0.141. The van der Waals surface area contributed by atoms with Crippen molar-refractivity contribution in [2.24, 2.45) is 5.92 Å². The molecule has 0 bridgehead atoms. The zero-order chi connectivity index (χ0) is 13.9. The first-order valence-electron chi connectivity index (χ1n) is 7.64. The van der Waals surface area contributed by atoms with Crippen LogP contribution >= 0.6 is 0 Å². The first-order valence-corrected chi connectivity index (χ1v) is 7.64. The van der Waals surface area contributed by atoms with Gasteiger partial charge in [0, 0.05) is 12.1 Å². The summed E-state index contributed by atoms with van der Waals surface area (Å²) in [6.07, 6.45) is 6.32. The van der Waals surface area contributed by atoms with Crippen LogP contribution in [0, 0.1) is 5.92 Å². The van der Waals surface area contributed by atoms with Crippen LogP contribution in [-0.2, 0) is 9.53 Å². The zero-order valence-corrected chi connectivity index (χ0v) is 12.5. The zero-order valence-electron chi connectivity index (χ0n) is 12.5. The van der Waals surface area contributed by atoms with Gasteiger partial charge in [-0.1, -0.05) is 6.42 Å². The first-order chi connectivity index (χ1) is 8.96. The quantitative estimate of drug-likeness (QED) is 0.764. The summed E-state index contributed by atoms with van der Waals surface area (Å²) in [5.74, 6) is 0.544. The third-order valence-electron chi connectivity index (χ3n) is 4.11. The van der Waals surface area contributed by atoms with Crippen LogP contribution < -0.4 is 10.6 Å². The van der Waals surface area contributed by atoms with Crippen molar-refractivity contribution >= 4 is 5.97 Å². The average molecular weight is 268 g/mol. The van der Waals surface area contributed by atoms with Crippen molar-refractivity contribution in [2.75, 3.05) is 13.1 Å². The van der Waals surface area contributed by atoms with Gasteiger partial charge in [-0.05, 0) is 58.9 Å². The first kappa shape index (κ1) is 14.8. The van der Waals surface area contributed by atoms with Crippen molar-refractivity contribution in [3.05, 3.63) is 0 Å². The Morgan fingerprint density at radius 1 is 1.26 bits per heavy atom. The number of nitrogens with one attached hydrogen (secondary N) is 2. The van der Waals surface area contributed by atoms with E-state index in [1.54, 1.807) is 0 Å². The lowest BCUT2D eigenvalue weighted by molar-refractivity contribution is -0.153. The molecule has 1 saturated carbocycles. The number of carbonyl (C=O) groups is 1. The van der Waals surface area contributed by atoms with E-state index in [-0.39, 0.29) is 11.6 Å². The molecule has 0 aromatic heterocycles. The highest BCUT2D eigenvalue weighted by atomic mass is 16.6. The summed E-state index contributed by atoms with van der Waals surface area (Å²) in [6, 6.07) is 1.13. The lowest BCUT2D eigenvalue weighted by Gasteiger charge is -2.27. The summed E-state index contributed by atoms with van der Waals surface area (Å²) in [4.78, 5) is 11.7. The monoisotopic (exact) mass is 268 g/mol. The second-order valence-corrected chi connectivity index (χ2v) is 6.87. The maximum absolute atomic E-state index is 11.7. The van der Waals surface area contributed by atoms with Gasteiger partial charge < -0.3 is 15.4 Å². The van der Waals surface area contributed by atoms with Crippen LogP contribution in [0.25, 0.3) is 0 Å². The molecule has 0 amide bonds. The summed E-state index contributed by atoms with van der Waals surface area (Å²) in [5, 5.41) is 7.01. The third-order valence-corrected chi connectivity index (χ3v) is 4.11. The SMILES string of the molecule is CC(C)(C)OC(=O)CNC1CCCC1C1CCCN1. The fourth-order valence-corrected chi connectivity index (χ4v) is 3.39. The molecule has 0 radical (unpaired) electrons. The molecule has 3 unspecified atom stereocenters. The molecule has 1 aliphatic heterocycles. The van der Waals surface area contributed by atoms with Crippen molar-refractivity contribution in [1.82, 2.24) is 10.6 Å². The maximum Gasteiger partial charge on any atom is 0.320 e. The average Bonchev–Trinajstić information content (AvgIpc) is 2.94. The standard InChI is InChI=1S/C15H28N2O2/c1-15(2,3)19-14(18)10-17-13-7-4-6-11(13)12-8-5-9-16-12/h11-13,16-17H,4-10H2,1-3H3. The van der Waals surface area contributed by atoms with Gasteiger partial charge in [0.2, 0.25) is 0 Å². The highest BCUT2D eigenvalue weighted by Crippen LogP contribution is 2.31. The van der Waals surface area contributed by atoms with Crippen LogP contribution in [0.3, 0.4) is 0 Å². The number of hydrogen-bond acceptors (Lipinski definition) is 4. The van der Waals surface area contributed by atoms with Crippen molar-refractivity contribution in [1.29, 1.82) is 0 Å². The van der Waals surface area contributed by atoms with E-state index in [1.165, 1.54) is 32.1 Å². The molecule has 2 rings (SSSR count). The minimum atomic E-state index is -0.388. The van der Waals surface area contributed by atoms with Gasteiger partial charge in [-0.3, -0.25) is 4.79 Å². The molecule has 3 atom stereocenters. The van der Waals surface area contributed by atoms with Crippen molar-refractivity contribution in [2.45, 2.75) is 70.6 Å². The summed E-state index contributed by atoms with van der Waals surface area (Å²) >= 11 is 0. The second kappa shape index (κ2) is 6.23. The Labute approximate surface area is 116 Å². The Bertz CT molecular complexity index is 306. The molecule has 4 nitrogen and oxygen atoms in total. The summed E-state index contributed by atoms with van der Waals surface area (Å²) in [7, 11) is 0. The van der Waals surface area contributed by atoms with E-state index in [0.29, 0.717) is 24.5 Å². The normalized spacial score (nSPS) is 31.6. The Kier molecular flexibility index (Phi) is 4.85. The molecule has 110 valence electrons. The van der Waals surface area contributed by atoms with Crippen molar-refractivity contribution in [3.63, 3.8) is 0 Å². The molecule has 1 heterocycles. The fraction of sp³-hybridized carbons (Fsp3) is 0.933. The predicted molar refractivity (Wildman–Crippen MR) is 76.0 cm³/mol. The molecule has 4 heteroatoms. The van der Waals surface area contributed by atoms with Gasteiger partial charge >= 0.3 is 5.97 Å². The Hall–Kier alpha value is -0.610. The highest BCUT2D eigenvalue weighted by Gasteiger charge is 2.35. The van der Waals surface area contributed by atoms with Crippen LogP contribution in [0.1, 0.15) is 52.9 Å². The number of carbonyl (C=O) groups excluding carboxylic acids is 1. The van der Waals surface area contributed by atoms with E-state index in [4.69, 9.17) is 4.74 Å². The van der Waals surface area contributed by atoms with Crippen LogP contribution in [0.5, 0.6) is 0 Å². The van der Waals surface area contributed by atoms with Gasteiger partial charge in [-0.2, -0.15) is 0 Å². The molecule has 2 fully saturated rings. The fourth-order valence-electron chi connectivity index (χ4n) is 3.39. The molecule has 0 aromatic rings. The molecule has 19 heavy (non-hydrogen) atoms. The molecular weight excluding hydrogens is 240 g/mol. The minimum Gasteiger partial charge on any atom is -0.459 e. The Balaban J connectivity index is 1.76. The maximum atomic E-state index is 11.7. The van der Waals surface area contributed by atoms with E-state index in [1.807, 2.05) is 20.8 Å². The van der Waals surface area contributed by atoms with Crippen LogP contribution in [-0.4, -0.2) is 36.7 Å². The molecular formula is C15H28N2O2. The summed E-state index contributed by atoms with van der Waals surface area (Å²) in [6.45, 7) is 7.22. The molecule has 1 saturated heterocycles. The number of esters is 1. The lowest BCUT2D eigenvalue weighted by Crippen LogP contribution is -2.44. The summed E-state index contributed by atoms with van der Waals surface area (Å²) in [5.41, 5.74) is -0.388. The van der Waals surface area contributed by atoms with Gasteiger partial charge in [-0.15, -0.1) is 0 Å². The molecule has 2 aliphatic rings. The van der Waals surface area contributed by atoms with Crippen LogP contribution in [0.2, 0.25) is 0 Å². The number of ether oxygens (including phenoxy) is 1. The van der Waals surface area contributed by atoms with E-state index in [9.17, 15) is 4.79 Å². The van der Waals surface area contributed by atoms with Gasteiger partial charge in [0.05, 0.1) is 6.54 Å². The van der Waals surface area contributed by atoms with E-state index >= 15 is 0 Å². The number of hydrogen-bond donors (Lipinski definition) is 2. The Morgan fingerprint density at radius 2 is 2.05 bits per heavy atom. The molecule has 2 N–H and O–H groups in total. The van der Waals surface area contributed by atoms with Crippen LogP contribution in [0.15, 0.2) is 0 Å². The van der Waals surface area contributed by atoms with Gasteiger partial charge in [-0.25, -0.2) is 0 Å². The second-order valence-electron chi connectivity index (χ2n) is 6.87. The van der Waals surface area contributed by atoms with Gasteiger partial charge in [0.15, 0.2) is 0 Å². The molecule has 1 aliphatic carbocycles. The molecule has 0 spiro atoms. The summed E-state index contributed by atoms with van der Waals surface area (Å²) < 4.78 is 5.34. The predicted octanol–water partition coefficient (Wildman–Crippen LogP) is 1.84. The smallest absolute Gasteiger partial charge is 0.320 e. The van der Waals surface area contributed by atoms with E-state index in [0.717, 1.165) is 6.54 Å². The van der Waals surface area contributed by atoms with Gasteiger partial charge in [0.25, 0.3) is 0 Å². The van der Waals surface area contributed by atoms with E-state index < -0.39 is 0 Å². The van der Waals surface area contributed by atoms with Crippen molar-refractivity contribution < 1.29 is 9.53 Å². The highest BCUT2D eigenvalue weighted by molar-refractivity contribution is 5.72. The van der Waals surface area contributed by atoms with E-state index in [2.05, 4.69) is 10.6 Å². The van der Waals surface area contributed by atoms with Crippen LogP contribution in [0.4, 0.5) is 0 Å². The third kappa shape index (κ3) is 4.46. The van der Waals surface area contributed by atoms with Gasteiger partial charge in [0.1, 0.15) is 5.60 Å². The molecule has 0 aromatic carbocycles.